The number of hydrogen-bond acceptors (Lipinski definition) is 3. The number of rotatable bonds is 1. The van der Waals surface area contributed by atoms with Crippen LogP contribution in [0.2, 0.25) is 0 Å². The molecule has 0 amide bonds. The predicted molar refractivity (Wildman–Crippen MR) is 134 cm³/mol. The Hall–Kier alpha value is -2.94. The van der Waals surface area contributed by atoms with Gasteiger partial charge in [-0.15, -0.1) is 0 Å². The Labute approximate surface area is 196 Å². The van der Waals surface area contributed by atoms with Crippen molar-refractivity contribution in [3.8, 4) is 0 Å². The Bertz CT molecular complexity index is 1340. The molecular formula is C30H32N2O. The average Bonchev–Trinajstić information content (AvgIpc) is 3.42. The van der Waals surface area contributed by atoms with Crippen molar-refractivity contribution in [2.75, 3.05) is 0 Å². The molecule has 7 rings (SSSR count). The van der Waals surface area contributed by atoms with E-state index in [2.05, 4.69) is 90.1 Å². The molecule has 0 N–H and O–H groups in total. The smallest absolute Gasteiger partial charge is 0.126 e. The van der Waals surface area contributed by atoms with Gasteiger partial charge in [-0.3, -0.25) is 0 Å². The average molecular weight is 437 g/mol. The van der Waals surface area contributed by atoms with E-state index in [0.29, 0.717) is 11.8 Å². The highest BCUT2D eigenvalue weighted by atomic mass is 16.3. The van der Waals surface area contributed by atoms with E-state index in [0.717, 1.165) is 16.8 Å². The number of aromatic nitrogens is 2. The van der Waals surface area contributed by atoms with E-state index in [9.17, 15) is 0 Å². The molecule has 3 heteroatoms. The van der Waals surface area contributed by atoms with Gasteiger partial charge in [0.05, 0.1) is 28.7 Å². The molecule has 0 fully saturated rings. The van der Waals surface area contributed by atoms with Crippen LogP contribution in [0.1, 0.15) is 64.6 Å². The minimum Gasteiger partial charge on any atom is -0.465 e. The third-order valence-corrected chi connectivity index (χ3v) is 8.11. The van der Waals surface area contributed by atoms with Crippen molar-refractivity contribution < 1.29 is 4.42 Å². The zero-order valence-electron chi connectivity index (χ0n) is 20.4. The van der Waals surface area contributed by atoms with Gasteiger partial charge in [-0.2, -0.15) is 0 Å². The molecule has 3 aromatic rings. The predicted octanol–water partition coefficient (Wildman–Crippen LogP) is 7.48. The molecule has 0 radical (unpaired) electrons. The quantitative estimate of drug-likeness (QED) is 0.371. The zero-order chi connectivity index (χ0) is 23.2. The van der Waals surface area contributed by atoms with Crippen molar-refractivity contribution in [3.63, 3.8) is 0 Å². The SMILES string of the molecule is CC(C)(C)C1=C[C@]2(C(C)(C)C)c3nc4ccccc4nc3[C@@H]1[C@H]1/C(=C\c3ccco3)C=C[C@H]12. The lowest BCUT2D eigenvalue weighted by Crippen LogP contribution is -2.56. The van der Waals surface area contributed by atoms with Gasteiger partial charge in [0.25, 0.3) is 0 Å². The molecule has 33 heavy (non-hydrogen) atoms. The number of benzene rings is 1. The first-order valence-electron chi connectivity index (χ1n) is 12.0. The van der Waals surface area contributed by atoms with Gasteiger partial charge in [0.1, 0.15) is 5.76 Å². The van der Waals surface area contributed by atoms with Crippen LogP contribution in [0.5, 0.6) is 0 Å². The van der Waals surface area contributed by atoms with Crippen LogP contribution in [0.4, 0.5) is 0 Å². The lowest BCUT2D eigenvalue weighted by molar-refractivity contribution is 0.103. The summed E-state index contributed by atoms with van der Waals surface area (Å²) in [6.45, 7) is 14.1. The summed E-state index contributed by atoms with van der Waals surface area (Å²) in [6.07, 6.45) is 11.3. The van der Waals surface area contributed by atoms with Crippen molar-refractivity contribution in [2.24, 2.45) is 22.7 Å². The molecule has 0 spiro atoms. The van der Waals surface area contributed by atoms with Crippen molar-refractivity contribution in [1.29, 1.82) is 0 Å². The summed E-state index contributed by atoms with van der Waals surface area (Å²) >= 11 is 0. The number of allylic oxidation sites excluding steroid dienone is 5. The summed E-state index contributed by atoms with van der Waals surface area (Å²) in [6, 6.07) is 12.3. The molecule has 2 heterocycles. The standard InChI is InChI=1S/C30H32N2O/c1-28(2,3)21-17-30(29(4,5)6)20-14-13-18(16-19-10-9-15-33-19)24(20)25(21)26-27(30)32-23-12-8-7-11-22(23)31-26/h7-17,20,24-25H,1-6H3/b18-16-/t20-,24+,25+,30-/m1/s1. The Morgan fingerprint density at radius 1 is 0.939 bits per heavy atom. The van der Waals surface area contributed by atoms with Crippen LogP contribution in [-0.2, 0) is 5.41 Å². The number of para-hydroxylation sites is 2. The Morgan fingerprint density at radius 3 is 2.30 bits per heavy atom. The molecule has 0 aliphatic heterocycles. The van der Waals surface area contributed by atoms with Crippen LogP contribution in [-0.4, -0.2) is 9.97 Å². The van der Waals surface area contributed by atoms with Gasteiger partial charge in [-0.05, 0) is 46.7 Å². The molecule has 168 valence electrons. The van der Waals surface area contributed by atoms with Gasteiger partial charge in [0.2, 0.25) is 0 Å². The highest BCUT2D eigenvalue weighted by Gasteiger charge is 2.63. The molecule has 3 nitrogen and oxygen atoms in total. The van der Waals surface area contributed by atoms with Crippen LogP contribution in [0.3, 0.4) is 0 Å². The van der Waals surface area contributed by atoms with E-state index in [1.807, 2.05) is 12.1 Å². The lowest BCUT2D eigenvalue weighted by Gasteiger charge is -2.59. The van der Waals surface area contributed by atoms with E-state index in [-0.39, 0.29) is 22.2 Å². The Morgan fingerprint density at radius 2 is 1.67 bits per heavy atom. The third kappa shape index (κ3) is 2.74. The largest absolute Gasteiger partial charge is 0.465 e. The van der Waals surface area contributed by atoms with Crippen molar-refractivity contribution in [3.05, 3.63) is 89.2 Å². The Balaban J connectivity index is 1.69. The minimum absolute atomic E-state index is 0.0336. The minimum atomic E-state index is -0.226. The van der Waals surface area contributed by atoms with Crippen molar-refractivity contribution in [2.45, 2.75) is 52.9 Å². The summed E-state index contributed by atoms with van der Waals surface area (Å²) in [5.41, 5.74) is 6.93. The van der Waals surface area contributed by atoms with Gasteiger partial charge in [-0.1, -0.05) is 77.5 Å². The van der Waals surface area contributed by atoms with E-state index in [4.69, 9.17) is 14.4 Å². The molecule has 0 saturated heterocycles. The fourth-order valence-electron chi connectivity index (χ4n) is 6.63. The van der Waals surface area contributed by atoms with Crippen LogP contribution in [0.15, 0.2) is 76.5 Å². The van der Waals surface area contributed by atoms with Gasteiger partial charge >= 0.3 is 0 Å². The van der Waals surface area contributed by atoms with Gasteiger partial charge in [0.15, 0.2) is 0 Å². The topological polar surface area (TPSA) is 38.9 Å². The molecular weight excluding hydrogens is 404 g/mol. The van der Waals surface area contributed by atoms with Gasteiger partial charge in [-0.25, -0.2) is 9.97 Å². The first kappa shape index (κ1) is 20.7. The monoisotopic (exact) mass is 436 g/mol. The third-order valence-electron chi connectivity index (χ3n) is 8.11. The van der Waals surface area contributed by atoms with Crippen LogP contribution in [0, 0.1) is 22.7 Å². The van der Waals surface area contributed by atoms with E-state index in [1.165, 1.54) is 22.5 Å². The maximum atomic E-state index is 5.72. The summed E-state index contributed by atoms with van der Waals surface area (Å²) in [7, 11) is 0. The molecule has 2 aromatic heterocycles. The highest BCUT2D eigenvalue weighted by molar-refractivity contribution is 5.76. The summed E-state index contributed by atoms with van der Waals surface area (Å²) in [4.78, 5) is 10.7. The van der Waals surface area contributed by atoms with Crippen LogP contribution in [0.25, 0.3) is 17.1 Å². The van der Waals surface area contributed by atoms with E-state index < -0.39 is 0 Å². The lowest BCUT2D eigenvalue weighted by atomic mass is 9.44. The van der Waals surface area contributed by atoms with Crippen LogP contribution < -0.4 is 0 Å². The normalized spacial score (nSPS) is 29.5. The number of furan rings is 1. The maximum absolute atomic E-state index is 5.72. The second-order valence-corrected chi connectivity index (χ2v) is 12.0. The zero-order valence-corrected chi connectivity index (χ0v) is 20.4. The van der Waals surface area contributed by atoms with Crippen molar-refractivity contribution in [1.82, 2.24) is 9.97 Å². The summed E-state index contributed by atoms with van der Waals surface area (Å²) < 4.78 is 5.72. The fraction of sp³-hybridized carbons (Fsp3) is 0.400. The molecule has 0 unspecified atom stereocenters. The van der Waals surface area contributed by atoms with Crippen LogP contribution >= 0.6 is 0 Å². The molecule has 2 bridgehead atoms. The fourth-order valence-corrected chi connectivity index (χ4v) is 6.63. The number of hydrogen-bond donors (Lipinski definition) is 0. The number of fused-ring (bicyclic) bond motifs is 1. The maximum Gasteiger partial charge on any atom is 0.126 e. The molecule has 4 aliphatic carbocycles. The van der Waals surface area contributed by atoms with E-state index >= 15 is 0 Å². The highest BCUT2D eigenvalue weighted by Crippen LogP contribution is 2.68. The van der Waals surface area contributed by atoms with Crippen molar-refractivity contribution >= 4 is 17.1 Å². The van der Waals surface area contributed by atoms with Gasteiger partial charge in [0, 0.05) is 23.2 Å². The van der Waals surface area contributed by atoms with Gasteiger partial charge < -0.3 is 4.42 Å². The molecule has 4 aliphatic rings. The summed E-state index contributed by atoms with van der Waals surface area (Å²) in [5, 5.41) is 0. The second-order valence-electron chi connectivity index (χ2n) is 12.0. The first-order chi connectivity index (χ1) is 15.6. The number of nitrogens with zero attached hydrogens (tertiary/aromatic N) is 2. The Kier molecular flexibility index (Phi) is 4.11. The second kappa shape index (κ2) is 6.56. The van der Waals surface area contributed by atoms with E-state index in [1.54, 1.807) is 6.26 Å². The summed E-state index contributed by atoms with van der Waals surface area (Å²) in [5.74, 6) is 1.80. The molecule has 1 aromatic carbocycles. The first-order valence-corrected chi connectivity index (χ1v) is 12.0. The molecule has 0 saturated carbocycles. The molecule has 4 atom stereocenters.